The molecule has 31 heavy (non-hydrogen) atoms. The molecule has 0 radical (unpaired) electrons. The highest BCUT2D eigenvalue weighted by molar-refractivity contribution is 6.09. The Hall–Kier alpha value is -3.15. The van der Waals surface area contributed by atoms with E-state index < -0.39 is 11.6 Å². The van der Waals surface area contributed by atoms with E-state index in [0.717, 1.165) is 59.9 Å². The molecule has 0 spiro atoms. The fraction of sp³-hybridized carbons (Fsp3) is 0.400. The van der Waals surface area contributed by atoms with Crippen molar-refractivity contribution in [1.29, 1.82) is 0 Å². The summed E-state index contributed by atoms with van der Waals surface area (Å²) in [4.78, 5) is 42.3. The number of nitrogens with one attached hydrogen (secondary N) is 1. The number of urea groups is 1. The molecule has 2 fully saturated rings. The van der Waals surface area contributed by atoms with E-state index in [9.17, 15) is 14.4 Å². The molecule has 2 aromatic rings. The molecule has 0 aromatic heterocycles. The average molecular weight is 418 g/mol. The quantitative estimate of drug-likeness (QED) is 0.746. The van der Waals surface area contributed by atoms with Gasteiger partial charge in [0.05, 0.1) is 0 Å². The van der Waals surface area contributed by atoms with Crippen LogP contribution < -0.4 is 5.32 Å². The van der Waals surface area contributed by atoms with E-state index in [4.69, 9.17) is 0 Å². The van der Waals surface area contributed by atoms with E-state index in [0.29, 0.717) is 5.56 Å². The summed E-state index contributed by atoms with van der Waals surface area (Å²) < 4.78 is 0. The van der Waals surface area contributed by atoms with Gasteiger partial charge < -0.3 is 10.2 Å². The summed E-state index contributed by atoms with van der Waals surface area (Å²) in [5.41, 5.74) is 0.590. The van der Waals surface area contributed by atoms with Gasteiger partial charge in [0.2, 0.25) is 5.91 Å². The number of nitrogens with zero attached hydrogens (tertiary/aromatic N) is 2. The largest absolute Gasteiger partial charge is 0.325 e. The number of fused-ring (bicyclic) bond motifs is 1. The van der Waals surface area contributed by atoms with Crippen LogP contribution in [0.4, 0.5) is 4.79 Å². The maximum atomic E-state index is 13.4. The van der Waals surface area contributed by atoms with Crippen molar-refractivity contribution in [2.75, 3.05) is 6.54 Å². The first-order valence-corrected chi connectivity index (χ1v) is 11.1. The van der Waals surface area contributed by atoms with Crippen molar-refractivity contribution >= 4 is 28.6 Å². The van der Waals surface area contributed by atoms with Gasteiger partial charge in [0.1, 0.15) is 12.1 Å². The second kappa shape index (κ2) is 7.52. The topological polar surface area (TPSA) is 69.7 Å². The molecule has 6 heteroatoms. The smallest absolute Gasteiger partial charge is 0.319 e. The normalized spacial score (nSPS) is 23.6. The third kappa shape index (κ3) is 3.50. The van der Waals surface area contributed by atoms with Crippen molar-refractivity contribution in [3.63, 3.8) is 0 Å². The number of rotatable bonds is 5. The highest BCUT2D eigenvalue weighted by Crippen LogP contribution is 2.35. The standard InChI is InChI=1S/C25H27N3O3/c1-25(19-12-11-17-7-5-6-8-18(17)15-19)23(30)27(24(31)26-25)16-22(29)28(21-13-14-21)20-9-3-2-4-10-20/h5-9,11-12,15,21H,2-4,10,13-14,16H2,1H3,(H,26,31)/t25-/m0/s1. The summed E-state index contributed by atoms with van der Waals surface area (Å²) in [6, 6.07) is 13.4. The molecule has 1 atom stereocenters. The first-order chi connectivity index (χ1) is 15.0. The Kier molecular flexibility index (Phi) is 4.80. The molecule has 2 aliphatic carbocycles. The molecule has 6 nitrogen and oxygen atoms in total. The number of imide groups is 1. The minimum Gasteiger partial charge on any atom is -0.319 e. The SMILES string of the molecule is C[C@@]1(c2ccc3ccccc3c2)NC(=O)N(CC(=O)N(C2=CCCCC2)C2CC2)C1=O. The summed E-state index contributed by atoms with van der Waals surface area (Å²) in [6.45, 7) is 1.49. The van der Waals surface area contributed by atoms with Gasteiger partial charge in [0.15, 0.2) is 0 Å². The van der Waals surface area contributed by atoms with Gasteiger partial charge in [-0.2, -0.15) is 0 Å². The molecular weight excluding hydrogens is 390 g/mol. The maximum Gasteiger partial charge on any atom is 0.325 e. The predicted molar refractivity (Wildman–Crippen MR) is 118 cm³/mol. The van der Waals surface area contributed by atoms with Crippen molar-refractivity contribution in [2.45, 2.75) is 57.0 Å². The van der Waals surface area contributed by atoms with Gasteiger partial charge in [-0.05, 0) is 67.9 Å². The van der Waals surface area contributed by atoms with Crippen LogP contribution in [0.15, 0.2) is 54.2 Å². The Morgan fingerprint density at radius 1 is 1.13 bits per heavy atom. The molecule has 0 unspecified atom stereocenters. The highest BCUT2D eigenvalue weighted by atomic mass is 16.2. The van der Waals surface area contributed by atoms with Crippen molar-refractivity contribution in [1.82, 2.24) is 15.1 Å². The molecule has 1 N–H and O–H groups in total. The third-order valence-electron chi connectivity index (χ3n) is 6.65. The zero-order valence-corrected chi connectivity index (χ0v) is 17.8. The Bertz CT molecular complexity index is 1100. The van der Waals surface area contributed by atoms with Gasteiger partial charge in [-0.3, -0.25) is 14.5 Å². The number of hydrogen-bond acceptors (Lipinski definition) is 3. The van der Waals surface area contributed by atoms with E-state index in [1.165, 1.54) is 0 Å². The van der Waals surface area contributed by atoms with E-state index >= 15 is 0 Å². The highest BCUT2D eigenvalue weighted by Gasteiger charge is 2.50. The summed E-state index contributed by atoms with van der Waals surface area (Å²) in [7, 11) is 0. The van der Waals surface area contributed by atoms with E-state index in [1.54, 1.807) is 6.92 Å². The molecule has 0 bridgehead atoms. The minimum atomic E-state index is -1.18. The summed E-state index contributed by atoms with van der Waals surface area (Å²) in [6.07, 6.45) is 8.20. The predicted octanol–water partition coefficient (Wildman–Crippen LogP) is 4.06. The number of allylic oxidation sites excluding steroid dienone is 2. The second-order valence-corrected chi connectivity index (χ2v) is 8.94. The molecule has 1 saturated carbocycles. The molecule has 5 rings (SSSR count). The molecule has 3 aliphatic rings. The van der Waals surface area contributed by atoms with Crippen molar-refractivity contribution in [2.24, 2.45) is 0 Å². The summed E-state index contributed by atoms with van der Waals surface area (Å²) in [5.74, 6) is -0.545. The van der Waals surface area contributed by atoms with Crippen LogP contribution in [-0.2, 0) is 15.1 Å². The monoisotopic (exact) mass is 417 g/mol. The third-order valence-corrected chi connectivity index (χ3v) is 6.65. The van der Waals surface area contributed by atoms with Gasteiger partial charge in [0, 0.05) is 11.7 Å². The van der Waals surface area contributed by atoms with Crippen molar-refractivity contribution in [3.8, 4) is 0 Å². The van der Waals surface area contributed by atoms with Crippen LogP contribution in [0, 0.1) is 0 Å². The van der Waals surface area contributed by atoms with Crippen LogP contribution in [-0.4, -0.2) is 40.2 Å². The molecule has 2 aromatic carbocycles. The van der Waals surface area contributed by atoms with Gasteiger partial charge >= 0.3 is 6.03 Å². The van der Waals surface area contributed by atoms with Crippen LogP contribution in [0.1, 0.15) is 51.0 Å². The molecule has 4 amide bonds. The summed E-state index contributed by atoms with van der Waals surface area (Å²) >= 11 is 0. The lowest BCUT2D eigenvalue weighted by Gasteiger charge is -2.29. The maximum absolute atomic E-state index is 13.4. The molecular formula is C25H27N3O3. The fourth-order valence-corrected chi connectivity index (χ4v) is 4.72. The first-order valence-electron chi connectivity index (χ1n) is 11.1. The van der Waals surface area contributed by atoms with Gasteiger partial charge in [0.25, 0.3) is 5.91 Å². The Morgan fingerprint density at radius 3 is 2.61 bits per heavy atom. The number of amides is 4. The van der Waals surface area contributed by atoms with Crippen molar-refractivity contribution in [3.05, 3.63) is 59.8 Å². The van der Waals surface area contributed by atoms with Gasteiger partial charge in [-0.25, -0.2) is 4.79 Å². The number of benzene rings is 2. The van der Waals surface area contributed by atoms with Gasteiger partial charge in [-0.1, -0.05) is 42.5 Å². The first kappa shape index (κ1) is 19.8. The average Bonchev–Trinajstić information content (AvgIpc) is 3.59. The summed E-state index contributed by atoms with van der Waals surface area (Å²) in [5, 5.41) is 4.90. The van der Waals surface area contributed by atoms with Crippen LogP contribution >= 0.6 is 0 Å². The molecule has 1 heterocycles. The molecule has 1 aliphatic heterocycles. The van der Waals surface area contributed by atoms with Crippen LogP contribution in [0.5, 0.6) is 0 Å². The van der Waals surface area contributed by atoms with E-state index in [-0.39, 0.29) is 24.4 Å². The van der Waals surface area contributed by atoms with Gasteiger partial charge in [-0.15, -0.1) is 0 Å². The zero-order valence-electron chi connectivity index (χ0n) is 17.8. The number of hydrogen-bond donors (Lipinski definition) is 1. The fourth-order valence-electron chi connectivity index (χ4n) is 4.72. The van der Waals surface area contributed by atoms with Crippen LogP contribution in [0.25, 0.3) is 10.8 Å². The number of carbonyl (C=O) groups is 3. The lowest BCUT2D eigenvalue weighted by Crippen LogP contribution is -2.45. The molecule has 1 saturated heterocycles. The Balaban J connectivity index is 1.39. The minimum absolute atomic E-state index is 0.165. The van der Waals surface area contributed by atoms with Crippen LogP contribution in [0.3, 0.4) is 0 Å². The Morgan fingerprint density at radius 2 is 1.90 bits per heavy atom. The lowest BCUT2D eigenvalue weighted by atomic mass is 9.90. The number of carbonyl (C=O) groups excluding carboxylic acids is 3. The second-order valence-electron chi connectivity index (χ2n) is 8.94. The van der Waals surface area contributed by atoms with Crippen LogP contribution in [0.2, 0.25) is 0 Å². The molecule has 160 valence electrons. The van der Waals surface area contributed by atoms with E-state index in [1.807, 2.05) is 47.4 Å². The Labute approximate surface area is 181 Å². The van der Waals surface area contributed by atoms with E-state index in [2.05, 4.69) is 11.4 Å². The lowest BCUT2D eigenvalue weighted by molar-refractivity contribution is -0.138. The zero-order chi connectivity index (χ0) is 21.6. The van der Waals surface area contributed by atoms with Crippen molar-refractivity contribution < 1.29 is 14.4 Å².